The molecule has 3 N–H and O–H groups in total. The van der Waals surface area contributed by atoms with Gasteiger partial charge in [-0.15, -0.1) is 0 Å². The number of nitrogens with two attached hydrogens (primary N) is 1. The van der Waals surface area contributed by atoms with Crippen molar-refractivity contribution in [2.45, 2.75) is 44.6 Å². The van der Waals surface area contributed by atoms with Gasteiger partial charge in [0.15, 0.2) is 0 Å². The smallest absolute Gasteiger partial charge is 0.334 e. The highest BCUT2D eigenvalue weighted by atomic mass is 32.2. The van der Waals surface area contributed by atoms with Gasteiger partial charge >= 0.3 is 16.4 Å². The third-order valence-corrected chi connectivity index (χ3v) is 3.36. The van der Waals surface area contributed by atoms with Crippen LogP contribution in [0, 0.1) is 0 Å². The Labute approximate surface area is 89.4 Å². The van der Waals surface area contributed by atoms with Gasteiger partial charge in [-0.05, 0) is 12.8 Å². The van der Waals surface area contributed by atoms with Crippen LogP contribution >= 0.6 is 0 Å². The summed E-state index contributed by atoms with van der Waals surface area (Å²) in [5, 5.41) is 0. The van der Waals surface area contributed by atoms with Crippen LogP contribution in [0.25, 0.3) is 0 Å². The lowest BCUT2D eigenvalue weighted by Gasteiger charge is -2.14. The molecule has 0 unspecified atom stereocenters. The molecule has 1 fully saturated rings. The van der Waals surface area contributed by atoms with E-state index in [1.165, 1.54) is 0 Å². The van der Waals surface area contributed by atoms with Crippen molar-refractivity contribution in [1.82, 2.24) is 4.72 Å². The molecule has 7 heteroatoms. The molecule has 1 amide bonds. The molecule has 1 aliphatic carbocycles. The van der Waals surface area contributed by atoms with Gasteiger partial charge in [0.25, 0.3) is 0 Å². The molecule has 1 rings (SSSR count). The van der Waals surface area contributed by atoms with E-state index in [1.54, 1.807) is 0 Å². The summed E-state index contributed by atoms with van der Waals surface area (Å²) in [5.41, 5.74) is 4.63. The van der Waals surface area contributed by atoms with Crippen molar-refractivity contribution in [2.75, 3.05) is 0 Å². The Hall–Kier alpha value is -0.820. The molecule has 0 aromatic carbocycles. The number of hydrogen-bond donors (Lipinski definition) is 2. The first-order valence-electron chi connectivity index (χ1n) is 5.01. The van der Waals surface area contributed by atoms with E-state index < -0.39 is 16.4 Å². The second-order valence-corrected chi connectivity index (χ2v) is 4.97. The highest BCUT2D eigenvalue weighted by molar-refractivity contribution is 7.85. The molecule has 88 valence electrons. The molecule has 1 saturated carbocycles. The number of amides is 1. The summed E-state index contributed by atoms with van der Waals surface area (Å²) in [4.78, 5) is 10.3. The van der Waals surface area contributed by atoms with E-state index in [4.69, 9.17) is 0 Å². The van der Waals surface area contributed by atoms with Crippen LogP contribution in [0.4, 0.5) is 4.79 Å². The summed E-state index contributed by atoms with van der Waals surface area (Å²) in [6.45, 7) is 0. The van der Waals surface area contributed by atoms with E-state index in [1.807, 2.05) is 0 Å². The zero-order chi connectivity index (χ0) is 11.3. The molecule has 0 bridgehead atoms. The van der Waals surface area contributed by atoms with Crippen LogP contribution in [-0.4, -0.2) is 20.6 Å². The summed E-state index contributed by atoms with van der Waals surface area (Å²) < 4.78 is 28.7. The fourth-order valence-corrected chi connectivity index (χ4v) is 2.64. The van der Waals surface area contributed by atoms with Crippen LogP contribution in [0.3, 0.4) is 0 Å². The SMILES string of the molecule is NC(=O)OS(=O)(=O)NC1CCCCCC1. The normalized spacial score (nSPS) is 19.5. The lowest BCUT2D eigenvalue weighted by Crippen LogP contribution is -2.37. The van der Waals surface area contributed by atoms with Gasteiger partial charge in [0.2, 0.25) is 0 Å². The predicted octanol–water partition coefficient (Wildman–Crippen LogP) is 0.639. The molecule has 0 spiro atoms. The number of nitrogens with one attached hydrogen (secondary N) is 1. The minimum atomic E-state index is -4.02. The fourth-order valence-electron chi connectivity index (χ4n) is 1.73. The standard InChI is InChI=1S/C8H16N2O4S/c9-8(11)14-15(12,13)10-7-5-3-1-2-4-6-7/h7,10H,1-6H2,(H2,9,11). The molecule has 0 aliphatic heterocycles. The third-order valence-electron chi connectivity index (χ3n) is 2.36. The van der Waals surface area contributed by atoms with E-state index in [2.05, 4.69) is 14.6 Å². The Morgan fingerprint density at radius 2 is 1.73 bits per heavy atom. The van der Waals surface area contributed by atoms with E-state index in [0.717, 1.165) is 38.5 Å². The first-order valence-corrected chi connectivity index (χ1v) is 6.41. The lowest BCUT2D eigenvalue weighted by atomic mass is 10.1. The van der Waals surface area contributed by atoms with E-state index in [-0.39, 0.29) is 6.04 Å². The number of primary amides is 1. The molecule has 0 atom stereocenters. The van der Waals surface area contributed by atoms with Gasteiger partial charge in [-0.25, -0.2) is 4.79 Å². The summed E-state index contributed by atoms with van der Waals surface area (Å²) in [6, 6.07) is -0.142. The van der Waals surface area contributed by atoms with Crippen LogP contribution in [0.5, 0.6) is 0 Å². The number of hydrogen-bond acceptors (Lipinski definition) is 4. The third kappa shape index (κ3) is 4.98. The van der Waals surface area contributed by atoms with Crippen molar-refractivity contribution >= 4 is 16.4 Å². The molecular formula is C8H16N2O4S. The molecule has 0 aromatic rings. The van der Waals surface area contributed by atoms with Crippen LogP contribution in [-0.2, 0) is 14.5 Å². The Bertz CT molecular complexity index is 307. The Balaban J connectivity index is 2.48. The molecule has 15 heavy (non-hydrogen) atoms. The highest BCUT2D eigenvalue weighted by Gasteiger charge is 2.21. The van der Waals surface area contributed by atoms with Gasteiger partial charge in [0.1, 0.15) is 0 Å². The molecule has 0 heterocycles. The first kappa shape index (κ1) is 12.3. The van der Waals surface area contributed by atoms with Crippen molar-refractivity contribution in [2.24, 2.45) is 5.73 Å². The molecule has 0 saturated heterocycles. The average molecular weight is 236 g/mol. The van der Waals surface area contributed by atoms with Crippen LogP contribution < -0.4 is 10.5 Å². The minimum Gasteiger partial charge on any atom is -0.334 e. The zero-order valence-electron chi connectivity index (χ0n) is 8.44. The van der Waals surface area contributed by atoms with Crippen molar-refractivity contribution in [3.05, 3.63) is 0 Å². The summed E-state index contributed by atoms with van der Waals surface area (Å²) in [5.74, 6) is 0. The van der Waals surface area contributed by atoms with Gasteiger partial charge in [0, 0.05) is 6.04 Å². The van der Waals surface area contributed by atoms with Gasteiger partial charge < -0.3 is 9.92 Å². The lowest BCUT2D eigenvalue weighted by molar-refractivity contribution is 0.211. The average Bonchev–Trinajstić information content (AvgIpc) is 2.29. The first-order chi connectivity index (χ1) is 6.99. The quantitative estimate of drug-likeness (QED) is 0.702. The maximum absolute atomic E-state index is 11.2. The topological polar surface area (TPSA) is 98.5 Å². The van der Waals surface area contributed by atoms with Crippen LogP contribution in [0.15, 0.2) is 0 Å². The Morgan fingerprint density at radius 1 is 1.20 bits per heavy atom. The predicted molar refractivity (Wildman–Crippen MR) is 54.2 cm³/mol. The number of carbonyl (C=O) groups is 1. The summed E-state index contributed by atoms with van der Waals surface area (Å²) in [6.07, 6.45) is 4.47. The molecule has 0 aromatic heterocycles. The van der Waals surface area contributed by atoms with Crippen molar-refractivity contribution < 1.29 is 17.4 Å². The zero-order valence-corrected chi connectivity index (χ0v) is 9.26. The van der Waals surface area contributed by atoms with Gasteiger partial charge in [-0.1, -0.05) is 25.7 Å². The largest absolute Gasteiger partial charge is 0.421 e. The maximum atomic E-state index is 11.2. The fraction of sp³-hybridized carbons (Fsp3) is 0.875. The van der Waals surface area contributed by atoms with Gasteiger partial charge in [-0.3, -0.25) is 0 Å². The molecule has 1 aliphatic rings. The van der Waals surface area contributed by atoms with Crippen molar-refractivity contribution in [1.29, 1.82) is 0 Å². The van der Waals surface area contributed by atoms with Crippen molar-refractivity contribution in [3.8, 4) is 0 Å². The number of carbonyl (C=O) groups excluding carboxylic acids is 1. The molecule has 0 radical (unpaired) electrons. The van der Waals surface area contributed by atoms with Gasteiger partial charge in [0.05, 0.1) is 0 Å². The Kier molecular flexibility index (Phi) is 4.34. The summed E-state index contributed by atoms with van der Waals surface area (Å²) in [7, 11) is -4.02. The van der Waals surface area contributed by atoms with Gasteiger partial charge in [-0.2, -0.15) is 13.1 Å². The second kappa shape index (κ2) is 5.32. The minimum absolute atomic E-state index is 0.142. The second-order valence-electron chi connectivity index (χ2n) is 3.66. The van der Waals surface area contributed by atoms with Crippen molar-refractivity contribution in [3.63, 3.8) is 0 Å². The summed E-state index contributed by atoms with van der Waals surface area (Å²) >= 11 is 0. The van der Waals surface area contributed by atoms with E-state index >= 15 is 0 Å². The monoisotopic (exact) mass is 236 g/mol. The Morgan fingerprint density at radius 3 is 2.20 bits per heavy atom. The van der Waals surface area contributed by atoms with Crippen LogP contribution in [0.1, 0.15) is 38.5 Å². The number of rotatable bonds is 3. The molecular weight excluding hydrogens is 220 g/mol. The van der Waals surface area contributed by atoms with E-state index in [9.17, 15) is 13.2 Å². The van der Waals surface area contributed by atoms with Crippen LogP contribution in [0.2, 0.25) is 0 Å². The van der Waals surface area contributed by atoms with E-state index in [0.29, 0.717) is 0 Å². The highest BCUT2D eigenvalue weighted by Crippen LogP contribution is 2.17. The molecule has 6 nitrogen and oxygen atoms in total. The maximum Gasteiger partial charge on any atom is 0.421 e.